The lowest BCUT2D eigenvalue weighted by Crippen LogP contribution is -2.31. The van der Waals surface area contributed by atoms with Gasteiger partial charge in [0.25, 0.3) is 0 Å². The average molecular weight is 232 g/mol. The largest absolute Gasteiger partial charge is 0.465 e. The van der Waals surface area contributed by atoms with Gasteiger partial charge in [-0.05, 0) is 26.0 Å². The summed E-state index contributed by atoms with van der Waals surface area (Å²) in [7, 11) is -3.30. The molecule has 86 valence electrons. The second-order valence-electron chi connectivity index (χ2n) is 3.40. The number of sulfonamides is 1. The minimum Gasteiger partial charge on any atom is -0.465 e. The molecule has 1 aromatic heterocycles. The Balaban J connectivity index is 2.67. The van der Waals surface area contributed by atoms with Gasteiger partial charge in [-0.25, -0.2) is 13.1 Å². The number of hydrogen-bond donors (Lipinski definition) is 2. The molecule has 3 N–H and O–H groups in total. The zero-order chi connectivity index (χ0) is 11.5. The minimum atomic E-state index is -3.30. The predicted octanol–water partition coefficient (Wildman–Crippen LogP) is 0.527. The molecular weight excluding hydrogens is 216 g/mol. The Bertz CT molecular complexity index is 411. The first-order chi connectivity index (χ1) is 6.94. The molecule has 1 atom stereocenters. The third-order valence-corrected chi connectivity index (χ3v) is 3.42. The van der Waals surface area contributed by atoms with Gasteiger partial charge in [0, 0.05) is 6.54 Å². The van der Waals surface area contributed by atoms with Crippen LogP contribution in [0.5, 0.6) is 0 Å². The average Bonchev–Trinajstić information content (AvgIpc) is 2.50. The molecule has 15 heavy (non-hydrogen) atoms. The molecule has 0 spiro atoms. The summed E-state index contributed by atoms with van der Waals surface area (Å²) in [5, 5.41) is 0. The molecule has 0 saturated heterocycles. The fourth-order valence-corrected chi connectivity index (χ4v) is 2.31. The maximum Gasteiger partial charge on any atom is 0.213 e. The van der Waals surface area contributed by atoms with Crippen LogP contribution in [-0.2, 0) is 10.0 Å². The highest BCUT2D eigenvalue weighted by Crippen LogP contribution is 2.16. The molecule has 1 heterocycles. The number of nitrogens with one attached hydrogen (secondary N) is 1. The lowest BCUT2D eigenvalue weighted by Gasteiger charge is -2.11. The second kappa shape index (κ2) is 4.78. The minimum absolute atomic E-state index is 0.0724. The fourth-order valence-electron chi connectivity index (χ4n) is 1.23. The van der Waals surface area contributed by atoms with E-state index in [1.165, 1.54) is 0 Å². The van der Waals surface area contributed by atoms with Crippen LogP contribution in [0.4, 0.5) is 0 Å². The first-order valence-electron chi connectivity index (χ1n) is 4.71. The first kappa shape index (κ1) is 12.2. The van der Waals surface area contributed by atoms with Crippen molar-refractivity contribution in [3.05, 3.63) is 23.7 Å². The van der Waals surface area contributed by atoms with Gasteiger partial charge < -0.3 is 10.2 Å². The Hall–Kier alpha value is -0.850. The molecule has 0 bridgehead atoms. The van der Waals surface area contributed by atoms with Crippen molar-refractivity contribution in [1.29, 1.82) is 0 Å². The summed E-state index contributed by atoms with van der Waals surface area (Å²) in [6.07, 6.45) is 0. The van der Waals surface area contributed by atoms with Crippen LogP contribution in [0.1, 0.15) is 24.5 Å². The van der Waals surface area contributed by atoms with Gasteiger partial charge in [-0.3, -0.25) is 0 Å². The van der Waals surface area contributed by atoms with Crippen LogP contribution < -0.4 is 10.5 Å². The molecule has 0 aliphatic heterocycles. The van der Waals surface area contributed by atoms with E-state index in [4.69, 9.17) is 10.2 Å². The van der Waals surface area contributed by atoms with Gasteiger partial charge in [0.05, 0.1) is 11.8 Å². The molecule has 1 rings (SSSR count). The van der Waals surface area contributed by atoms with Gasteiger partial charge in [0.15, 0.2) is 0 Å². The lowest BCUT2D eigenvalue weighted by atomic mass is 10.3. The van der Waals surface area contributed by atoms with Gasteiger partial charge in [0.2, 0.25) is 10.0 Å². The normalized spacial score (nSPS) is 14.1. The van der Waals surface area contributed by atoms with Crippen LogP contribution in [0.25, 0.3) is 0 Å². The van der Waals surface area contributed by atoms with Crippen LogP contribution in [-0.4, -0.2) is 20.7 Å². The zero-order valence-corrected chi connectivity index (χ0v) is 9.67. The van der Waals surface area contributed by atoms with Gasteiger partial charge >= 0.3 is 0 Å². The molecule has 1 aromatic rings. The van der Waals surface area contributed by atoms with E-state index in [1.807, 2.05) is 6.92 Å². The summed E-state index contributed by atoms with van der Waals surface area (Å²) < 4.78 is 30.6. The van der Waals surface area contributed by atoms with Crippen molar-refractivity contribution in [3.63, 3.8) is 0 Å². The van der Waals surface area contributed by atoms with Crippen LogP contribution in [0, 0.1) is 6.92 Å². The third-order valence-electron chi connectivity index (χ3n) is 1.93. The van der Waals surface area contributed by atoms with E-state index in [1.54, 1.807) is 19.1 Å². The Morgan fingerprint density at radius 2 is 2.20 bits per heavy atom. The van der Waals surface area contributed by atoms with E-state index in [9.17, 15) is 8.42 Å². The van der Waals surface area contributed by atoms with Crippen molar-refractivity contribution < 1.29 is 12.8 Å². The van der Waals surface area contributed by atoms with E-state index in [0.717, 1.165) is 5.76 Å². The topological polar surface area (TPSA) is 85.3 Å². The van der Waals surface area contributed by atoms with Gasteiger partial charge in [-0.15, -0.1) is 0 Å². The summed E-state index contributed by atoms with van der Waals surface area (Å²) in [5.41, 5.74) is 5.19. The molecular formula is C9H16N2O3S. The van der Waals surface area contributed by atoms with Crippen molar-refractivity contribution in [3.8, 4) is 0 Å². The third kappa shape index (κ3) is 3.65. The number of nitrogens with two attached hydrogens (primary N) is 1. The number of aryl methyl sites for hydroxylation is 1. The second-order valence-corrected chi connectivity index (χ2v) is 5.27. The van der Waals surface area contributed by atoms with Crippen LogP contribution >= 0.6 is 0 Å². The van der Waals surface area contributed by atoms with Crippen molar-refractivity contribution >= 4 is 10.0 Å². The first-order valence-corrected chi connectivity index (χ1v) is 6.36. The summed E-state index contributed by atoms with van der Waals surface area (Å²) in [4.78, 5) is 0. The molecule has 0 saturated carbocycles. The van der Waals surface area contributed by atoms with Crippen molar-refractivity contribution in [2.75, 3.05) is 12.3 Å². The van der Waals surface area contributed by atoms with Crippen LogP contribution in [0.15, 0.2) is 16.5 Å². The molecule has 0 aliphatic rings. The summed E-state index contributed by atoms with van der Waals surface area (Å²) >= 11 is 0. The Kier molecular flexibility index (Phi) is 3.90. The molecule has 5 nitrogen and oxygen atoms in total. The standard InChI is InChI=1S/C9H16N2O3S/c1-7-3-4-9(14-7)8(2)11-15(12,13)6-5-10/h3-4,8,11H,5-6,10H2,1-2H3. The summed E-state index contributed by atoms with van der Waals surface area (Å²) in [5.74, 6) is 1.29. The Morgan fingerprint density at radius 1 is 1.53 bits per heavy atom. The highest BCUT2D eigenvalue weighted by molar-refractivity contribution is 7.89. The Labute approximate surface area is 89.7 Å². The molecule has 0 aliphatic carbocycles. The molecule has 0 aromatic carbocycles. The van der Waals surface area contributed by atoms with Gasteiger partial charge in [-0.2, -0.15) is 0 Å². The zero-order valence-electron chi connectivity index (χ0n) is 8.86. The van der Waals surface area contributed by atoms with E-state index in [0.29, 0.717) is 5.76 Å². The fraction of sp³-hybridized carbons (Fsp3) is 0.556. The molecule has 0 amide bonds. The SMILES string of the molecule is Cc1ccc(C(C)NS(=O)(=O)CCN)o1. The quantitative estimate of drug-likeness (QED) is 0.775. The van der Waals surface area contributed by atoms with Gasteiger partial charge in [-0.1, -0.05) is 0 Å². The lowest BCUT2D eigenvalue weighted by molar-refractivity contribution is 0.441. The maximum atomic E-state index is 11.4. The maximum absolute atomic E-state index is 11.4. The number of rotatable bonds is 5. The predicted molar refractivity (Wildman–Crippen MR) is 57.8 cm³/mol. The number of hydrogen-bond acceptors (Lipinski definition) is 4. The van der Waals surface area contributed by atoms with Gasteiger partial charge in [0.1, 0.15) is 11.5 Å². The molecule has 6 heteroatoms. The van der Waals surface area contributed by atoms with E-state index in [-0.39, 0.29) is 18.3 Å². The van der Waals surface area contributed by atoms with E-state index >= 15 is 0 Å². The molecule has 0 fully saturated rings. The van der Waals surface area contributed by atoms with Crippen molar-refractivity contribution in [2.45, 2.75) is 19.9 Å². The van der Waals surface area contributed by atoms with Crippen LogP contribution in [0.2, 0.25) is 0 Å². The molecule has 1 unspecified atom stereocenters. The highest BCUT2D eigenvalue weighted by atomic mass is 32.2. The number of furan rings is 1. The monoisotopic (exact) mass is 232 g/mol. The summed E-state index contributed by atoms with van der Waals surface area (Å²) in [6, 6.07) is 3.18. The molecule has 0 radical (unpaired) electrons. The Morgan fingerprint density at radius 3 is 2.67 bits per heavy atom. The smallest absolute Gasteiger partial charge is 0.213 e. The highest BCUT2D eigenvalue weighted by Gasteiger charge is 2.16. The van der Waals surface area contributed by atoms with Crippen LogP contribution in [0.3, 0.4) is 0 Å². The van der Waals surface area contributed by atoms with E-state index < -0.39 is 10.0 Å². The van der Waals surface area contributed by atoms with Crippen molar-refractivity contribution in [2.24, 2.45) is 5.73 Å². The van der Waals surface area contributed by atoms with E-state index in [2.05, 4.69) is 4.72 Å². The van der Waals surface area contributed by atoms with Crippen molar-refractivity contribution in [1.82, 2.24) is 4.72 Å². The summed E-state index contributed by atoms with van der Waals surface area (Å²) in [6.45, 7) is 3.65.